The SMILES string of the molecule is c1ccc(-n2c3cccnc3c3cc4c5ccccc5n(-c5cc(-c6ccccn6)nc(-c6ccccn6)c5)c4nc32)cc1. The number of benzene rings is 2. The summed E-state index contributed by atoms with van der Waals surface area (Å²) in [7, 11) is 0. The molecule has 0 saturated heterocycles. The van der Waals surface area contributed by atoms with E-state index in [4.69, 9.17) is 15.0 Å². The van der Waals surface area contributed by atoms with Crippen LogP contribution >= 0.6 is 0 Å². The Kier molecular flexibility index (Phi) is 5.36. The molecule has 9 rings (SSSR count). The van der Waals surface area contributed by atoms with Gasteiger partial charge in [0.2, 0.25) is 0 Å². The molecule has 7 heterocycles. The van der Waals surface area contributed by atoms with Gasteiger partial charge in [-0.2, -0.15) is 0 Å². The zero-order valence-electron chi connectivity index (χ0n) is 23.4. The van der Waals surface area contributed by atoms with Crippen LogP contribution in [0.4, 0.5) is 0 Å². The molecule has 0 amide bonds. The van der Waals surface area contributed by atoms with Gasteiger partial charge >= 0.3 is 0 Å². The standard InChI is InChI=1S/C37H23N7/c1-2-11-24(12-3-1)43-34-17-10-20-40-35(34)28-23-27-26-13-4-5-16-33(26)44(36(27)42-37(28)43)25-21-31(29-14-6-8-18-38-29)41-32(22-25)30-15-7-9-19-39-30/h1-23H. The van der Waals surface area contributed by atoms with Crippen molar-refractivity contribution in [3.05, 3.63) is 140 Å². The molecular formula is C37H23N7. The van der Waals surface area contributed by atoms with Crippen LogP contribution in [0.3, 0.4) is 0 Å². The lowest BCUT2D eigenvalue weighted by molar-refractivity contribution is 1.10. The third kappa shape index (κ3) is 3.73. The van der Waals surface area contributed by atoms with E-state index in [1.807, 2.05) is 66.9 Å². The van der Waals surface area contributed by atoms with E-state index < -0.39 is 0 Å². The van der Waals surface area contributed by atoms with Crippen molar-refractivity contribution in [1.29, 1.82) is 0 Å². The van der Waals surface area contributed by atoms with Gasteiger partial charge in [-0.3, -0.25) is 24.1 Å². The van der Waals surface area contributed by atoms with Gasteiger partial charge < -0.3 is 0 Å². The zero-order chi connectivity index (χ0) is 29.0. The maximum absolute atomic E-state index is 5.44. The van der Waals surface area contributed by atoms with Gasteiger partial charge in [0.15, 0.2) is 0 Å². The fraction of sp³-hybridized carbons (Fsp3) is 0. The lowest BCUT2D eigenvalue weighted by atomic mass is 10.1. The number of para-hydroxylation sites is 2. The van der Waals surface area contributed by atoms with Crippen LogP contribution in [0.2, 0.25) is 0 Å². The predicted octanol–water partition coefficient (Wildman–Crippen LogP) is 8.19. The average Bonchev–Trinajstić information content (AvgIpc) is 3.60. The van der Waals surface area contributed by atoms with E-state index in [0.29, 0.717) is 0 Å². The summed E-state index contributed by atoms with van der Waals surface area (Å²) in [5.74, 6) is 0. The molecule has 0 radical (unpaired) electrons. The van der Waals surface area contributed by atoms with Gasteiger partial charge in [-0.15, -0.1) is 0 Å². The molecule has 7 aromatic heterocycles. The van der Waals surface area contributed by atoms with Crippen molar-refractivity contribution in [1.82, 2.24) is 34.1 Å². The Balaban J connectivity index is 1.41. The van der Waals surface area contributed by atoms with E-state index in [2.05, 4.69) is 79.8 Å². The van der Waals surface area contributed by atoms with Crippen LogP contribution in [0.15, 0.2) is 140 Å². The van der Waals surface area contributed by atoms with Crippen LogP contribution in [0.25, 0.3) is 78.2 Å². The maximum atomic E-state index is 5.44. The van der Waals surface area contributed by atoms with Crippen molar-refractivity contribution in [3.8, 4) is 34.2 Å². The minimum absolute atomic E-state index is 0.762. The second kappa shape index (κ2) is 9.68. The first-order valence-corrected chi connectivity index (χ1v) is 14.4. The Morgan fingerprint density at radius 1 is 0.386 bits per heavy atom. The van der Waals surface area contributed by atoms with Crippen molar-refractivity contribution < 1.29 is 0 Å². The number of aromatic nitrogens is 7. The van der Waals surface area contributed by atoms with Crippen molar-refractivity contribution in [3.63, 3.8) is 0 Å². The van der Waals surface area contributed by atoms with Gasteiger partial charge in [0.05, 0.1) is 45.0 Å². The van der Waals surface area contributed by atoms with Crippen LogP contribution in [-0.4, -0.2) is 34.1 Å². The molecular weight excluding hydrogens is 542 g/mol. The normalized spacial score (nSPS) is 11.6. The van der Waals surface area contributed by atoms with Gasteiger partial charge in [-0.25, -0.2) is 9.97 Å². The minimum atomic E-state index is 0.762. The number of hydrogen-bond donors (Lipinski definition) is 0. The fourth-order valence-corrected chi connectivity index (χ4v) is 6.15. The summed E-state index contributed by atoms with van der Waals surface area (Å²) in [6.07, 6.45) is 5.43. The summed E-state index contributed by atoms with van der Waals surface area (Å²) in [4.78, 5) is 24.5. The number of hydrogen-bond acceptors (Lipinski definition) is 5. The van der Waals surface area contributed by atoms with E-state index in [1.165, 1.54) is 0 Å². The molecule has 0 fully saturated rings. The van der Waals surface area contributed by atoms with Crippen molar-refractivity contribution in [2.75, 3.05) is 0 Å². The Labute approximate surface area is 251 Å². The third-order valence-electron chi connectivity index (χ3n) is 8.06. The number of rotatable bonds is 4. The first-order valence-electron chi connectivity index (χ1n) is 14.4. The molecule has 0 atom stereocenters. The summed E-state index contributed by atoms with van der Waals surface area (Å²) in [5, 5.41) is 3.18. The van der Waals surface area contributed by atoms with Crippen molar-refractivity contribution >= 4 is 44.0 Å². The van der Waals surface area contributed by atoms with Crippen LogP contribution in [0, 0.1) is 0 Å². The van der Waals surface area contributed by atoms with Crippen LogP contribution in [-0.2, 0) is 0 Å². The molecule has 0 saturated carbocycles. The van der Waals surface area contributed by atoms with Crippen LogP contribution in [0.1, 0.15) is 0 Å². The molecule has 0 aliphatic rings. The zero-order valence-corrected chi connectivity index (χ0v) is 23.4. The first kappa shape index (κ1) is 24.4. The summed E-state index contributed by atoms with van der Waals surface area (Å²) in [6.45, 7) is 0. The number of nitrogens with zero attached hydrogens (tertiary/aromatic N) is 7. The topological polar surface area (TPSA) is 74.3 Å². The lowest BCUT2D eigenvalue weighted by Gasteiger charge is -2.12. The van der Waals surface area contributed by atoms with Gasteiger partial charge in [-0.1, -0.05) is 48.5 Å². The monoisotopic (exact) mass is 565 g/mol. The Morgan fingerprint density at radius 3 is 1.73 bits per heavy atom. The smallest absolute Gasteiger partial charge is 0.149 e. The number of fused-ring (bicyclic) bond motifs is 6. The molecule has 0 unspecified atom stereocenters. The lowest BCUT2D eigenvalue weighted by Crippen LogP contribution is -2.01. The molecule has 7 nitrogen and oxygen atoms in total. The van der Waals surface area contributed by atoms with Gasteiger partial charge in [-0.05, 0) is 72.8 Å². The highest BCUT2D eigenvalue weighted by molar-refractivity contribution is 6.15. The third-order valence-corrected chi connectivity index (χ3v) is 8.06. The van der Waals surface area contributed by atoms with Crippen molar-refractivity contribution in [2.45, 2.75) is 0 Å². The molecule has 206 valence electrons. The minimum Gasteiger partial charge on any atom is -0.294 e. The maximum Gasteiger partial charge on any atom is 0.149 e. The van der Waals surface area contributed by atoms with Gasteiger partial charge in [0.1, 0.15) is 11.3 Å². The molecule has 7 heteroatoms. The van der Waals surface area contributed by atoms with E-state index >= 15 is 0 Å². The second-order valence-electron chi connectivity index (χ2n) is 10.7. The predicted molar refractivity (Wildman–Crippen MR) is 175 cm³/mol. The average molecular weight is 566 g/mol. The van der Waals surface area contributed by atoms with E-state index in [9.17, 15) is 0 Å². The quantitative estimate of drug-likeness (QED) is 0.215. The van der Waals surface area contributed by atoms with Gasteiger partial charge in [0, 0.05) is 40.4 Å². The Bertz CT molecular complexity index is 2420. The van der Waals surface area contributed by atoms with Crippen LogP contribution in [0.5, 0.6) is 0 Å². The molecule has 2 aromatic carbocycles. The highest BCUT2D eigenvalue weighted by atomic mass is 15.1. The van der Waals surface area contributed by atoms with Gasteiger partial charge in [0.25, 0.3) is 0 Å². The summed E-state index contributed by atoms with van der Waals surface area (Å²) < 4.78 is 4.43. The Hall–Kier alpha value is -6.21. The van der Waals surface area contributed by atoms with Crippen LogP contribution < -0.4 is 0 Å². The second-order valence-corrected chi connectivity index (χ2v) is 10.7. The molecule has 9 aromatic rings. The highest BCUT2D eigenvalue weighted by Gasteiger charge is 2.21. The molecule has 0 aliphatic heterocycles. The van der Waals surface area contributed by atoms with E-state index in [1.54, 1.807) is 12.4 Å². The largest absolute Gasteiger partial charge is 0.294 e. The summed E-state index contributed by atoms with van der Waals surface area (Å²) in [6, 6.07) is 41.0. The number of pyridine rings is 5. The Morgan fingerprint density at radius 2 is 1.00 bits per heavy atom. The molecule has 0 bridgehead atoms. The van der Waals surface area contributed by atoms with Crippen molar-refractivity contribution in [2.24, 2.45) is 0 Å². The summed E-state index contributed by atoms with van der Waals surface area (Å²) >= 11 is 0. The molecule has 44 heavy (non-hydrogen) atoms. The molecule has 0 N–H and O–H groups in total. The first-order chi connectivity index (χ1) is 21.8. The van der Waals surface area contributed by atoms with E-state index in [0.717, 1.165) is 78.2 Å². The fourth-order valence-electron chi connectivity index (χ4n) is 6.15. The molecule has 0 aliphatic carbocycles. The van der Waals surface area contributed by atoms with E-state index in [-0.39, 0.29) is 0 Å². The molecule has 0 spiro atoms. The summed E-state index contributed by atoms with van der Waals surface area (Å²) in [5.41, 5.74) is 9.77. The highest BCUT2D eigenvalue weighted by Crippen LogP contribution is 2.38.